The lowest BCUT2D eigenvalue weighted by molar-refractivity contribution is -0.158. The minimum Gasteiger partial charge on any atom is -0.463 e. The van der Waals surface area contributed by atoms with Gasteiger partial charge in [-0.3, -0.25) is 4.57 Å². The maximum Gasteiger partial charge on any atom is 0.373 e. The Kier molecular flexibility index (Phi) is 7.23. The summed E-state index contributed by atoms with van der Waals surface area (Å²) in [6.07, 6.45) is -0.218. The maximum atomic E-state index is 13.0. The van der Waals surface area contributed by atoms with Crippen molar-refractivity contribution in [2.75, 3.05) is 19.8 Å². The maximum absolute atomic E-state index is 13.0. The van der Waals surface area contributed by atoms with E-state index in [-0.39, 0.29) is 26.2 Å². The van der Waals surface area contributed by atoms with E-state index in [2.05, 4.69) is 0 Å². The van der Waals surface area contributed by atoms with Crippen LogP contribution in [0.2, 0.25) is 0 Å². The highest BCUT2D eigenvalue weighted by molar-refractivity contribution is 7.56. The molecule has 124 valence electrons. The van der Waals surface area contributed by atoms with Gasteiger partial charge in [-0.25, -0.2) is 4.79 Å². The van der Waals surface area contributed by atoms with Gasteiger partial charge in [-0.1, -0.05) is 30.3 Å². The van der Waals surface area contributed by atoms with E-state index < -0.39 is 18.9 Å². The van der Waals surface area contributed by atoms with Crippen molar-refractivity contribution in [3.05, 3.63) is 35.9 Å². The van der Waals surface area contributed by atoms with Gasteiger partial charge < -0.3 is 18.9 Å². The summed E-state index contributed by atoms with van der Waals surface area (Å²) in [5.41, 5.74) is 0.623. The van der Waals surface area contributed by atoms with Crippen LogP contribution in [0.3, 0.4) is 0 Å². The van der Waals surface area contributed by atoms with Gasteiger partial charge in [0.1, 0.15) is 0 Å². The number of rotatable bonds is 9. The molecule has 1 aromatic rings. The van der Waals surface area contributed by atoms with Crippen LogP contribution in [-0.2, 0) is 29.6 Å². The van der Waals surface area contributed by atoms with Crippen molar-refractivity contribution in [3.8, 4) is 0 Å². The summed E-state index contributed by atoms with van der Waals surface area (Å²) in [4.78, 5) is 12.3. The van der Waals surface area contributed by atoms with E-state index in [4.69, 9.17) is 13.8 Å². The molecule has 0 radical (unpaired) electrons. The molecule has 0 aliphatic rings. The van der Waals surface area contributed by atoms with E-state index in [0.717, 1.165) is 0 Å². The smallest absolute Gasteiger partial charge is 0.373 e. The lowest BCUT2D eigenvalue weighted by atomic mass is 10.1. The van der Waals surface area contributed by atoms with Crippen LogP contribution < -0.4 is 0 Å². The zero-order valence-electron chi connectivity index (χ0n) is 13.2. The highest BCUT2D eigenvalue weighted by atomic mass is 31.2. The molecular formula is C15H23O6P. The molecule has 0 aromatic heterocycles. The number of ether oxygens (including phenoxy) is 1. The van der Waals surface area contributed by atoms with Crippen LogP contribution in [0, 0.1) is 0 Å². The van der Waals surface area contributed by atoms with Crippen LogP contribution in [0.1, 0.15) is 26.3 Å². The molecule has 1 atom stereocenters. The normalized spacial score (nSPS) is 14.4. The molecule has 1 rings (SSSR count). The van der Waals surface area contributed by atoms with E-state index >= 15 is 0 Å². The topological polar surface area (TPSA) is 82.1 Å². The quantitative estimate of drug-likeness (QED) is 0.554. The number of aliphatic hydroxyl groups is 1. The van der Waals surface area contributed by atoms with Crippen LogP contribution in [0.15, 0.2) is 30.3 Å². The van der Waals surface area contributed by atoms with Gasteiger partial charge in [0.2, 0.25) is 0 Å². The zero-order chi connectivity index (χ0) is 16.6. The Labute approximate surface area is 130 Å². The fourth-order valence-corrected chi connectivity index (χ4v) is 3.84. The third-order valence-electron chi connectivity index (χ3n) is 2.95. The third-order valence-corrected chi connectivity index (χ3v) is 5.39. The van der Waals surface area contributed by atoms with Gasteiger partial charge in [0.15, 0.2) is 0 Å². The average molecular weight is 330 g/mol. The van der Waals surface area contributed by atoms with Crippen molar-refractivity contribution in [1.82, 2.24) is 0 Å². The summed E-state index contributed by atoms with van der Waals surface area (Å²) in [5, 5.41) is 8.48. The van der Waals surface area contributed by atoms with Crippen molar-refractivity contribution in [2.24, 2.45) is 0 Å². The molecule has 0 aliphatic heterocycles. The van der Waals surface area contributed by atoms with E-state index in [1.165, 1.54) is 0 Å². The Morgan fingerprint density at radius 2 is 1.64 bits per heavy atom. The number of carbonyl (C=O) groups excluding carboxylic acids is 1. The van der Waals surface area contributed by atoms with Gasteiger partial charge in [-0.2, -0.15) is 0 Å². The molecule has 0 saturated carbocycles. The Balaban J connectivity index is 3.25. The second kappa shape index (κ2) is 8.44. The lowest BCUT2D eigenvalue weighted by Gasteiger charge is -2.32. The molecule has 0 saturated heterocycles. The largest absolute Gasteiger partial charge is 0.463 e. The van der Waals surface area contributed by atoms with Crippen molar-refractivity contribution in [2.45, 2.75) is 32.5 Å². The van der Waals surface area contributed by atoms with Crippen molar-refractivity contribution in [3.63, 3.8) is 0 Å². The fraction of sp³-hybridized carbons (Fsp3) is 0.533. The van der Waals surface area contributed by atoms with Crippen molar-refractivity contribution < 1.29 is 28.3 Å². The highest BCUT2D eigenvalue weighted by Gasteiger charge is 2.57. The van der Waals surface area contributed by atoms with E-state index in [1.807, 2.05) is 0 Å². The first-order valence-corrected chi connectivity index (χ1v) is 8.80. The zero-order valence-corrected chi connectivity index (χ0v) is 14.0. The molecule has 1 aromatic carbocycles. The van der Waals surface area contributed by atoms with E-state index in [9.17, 15) is 14.5 Å². The standard InChI is InChI=1S/C15H23O6P/c1-4-19-14(16)15(17,12-13-10-8-7-9-11-13)22(18,20-5-2)21-6-3/h7-11,17H,4-6,12H2,1-3H3. The Bertz CT molecular complexity index is 508. The minimum atomic E-state index is -4.11. The first-order valence-electron chi connectivity index (χ1n) is 7.26. The molecule has 0 amide bonds. The van der Waals surface area contributed by atoms with Gasteiger partial charge >= 0.3 is 13.6 Å². The Morgan fingerprint density at radius 3 is 2.09 bits per heavy atom. The van der Waals surface area contributed by atoms with Crippen LogP contribution >= 0.6 is 7.60 Å². The molecule has 0 fully saturated rings. The van der Waals surface area contributed by atoms with E-state index in [0.29, 0.717) is 5.56 Å². The summed E-state index contributed by atoms with van der Waals surface area (Å²) in [7, 11) is -4.11. The molecule has 1 N–H and O–H groups in total. The number of carbonyl (C=O) groups is 1. The summed E-state index contributed by atoms with van der Waals surface area (Å²) in [6, 6.07) is 8.75. The predicted molar refractivity (Wildman–Crippen MR) is 82.6 cm³/mol. The summed E-state index contributed by atoms with van der Waals surface area (Å²) >= 11 is 0. The first-order chi connectivity index (χ1) is 10.4. The molecule has 6 nitrogen and oxygen atoms in total. The van der Waals surface area contributed by atoms with Gasteiger partial charge in [-0.05, 0) is 26.3 Å². The van der Waals surface area contributed by atoms with Crippen LogP contribution in [-0.4, -0.2) is 36.2 Å². The molecule has 1 unspecified atom stereocenters. The third kappa shape index (κ3) is 4.17. The Morgan fingerprint density at radius 1 is 1.09 bits per heavy atom. The molecule has 22 heavy (non-hydrogen) atoms. The summed E-state index contributed by atoms with van der Waals surface area (Å²) < 4.78 is 28.2. The first kappa shape index (κ1) is 18.8. The van der Waals surface area contributed by atoms with E-state index in [1.54, 1.807) is 51.1 Å². The lowest BCUT2D eigenvalue weighted by Crippen LogP contribution is -2.43. The van der Waals surface area contributed by atoms with Crippen molar-refractivity contribution >= 4 is 13.6 Å². The van der Waals surface area contributed by atoms with Gasteiger partial charge in [0.25, 0.3) is 5.34 Å². The average Bonchev–Trinajstić information content (AvgIpc) is 2.48. The monoisotopic (exact) mass is 330 g/mol. The van der Waals surface area contributed by atoms with Gasteiger partial charge in [-0.15, -0.1) is 0 Å². The second-order valence-electron chi connectivity index (χ2n) is 4.53. The molecule has 7 heteroatoms. The molecule has 0 bridgehead atoms. The minimum absolute atomic E-state index is 0.0355. The van der Waals surface area contributed by atoms with Gasteiger partial charge in [0, 0.05) is 6.42 Å². The molecular weight excluding hydrogens is 307 g/mol. The van der Waals surface area contributed by atoms with Gasteiger partial charge in [0.05, 0.1) is 19.8 Å². The fourth-order valence-electron chi connectivity index (χ4n) is 2.00. The summed E-state index contributed by atoms with van der Waals surface area (Å²) in [6.45, 7) is 4.95. The number of benzene rings is 1. The number of hydrogen-bond acceptors (Lipinski definition) is 6. The van der Waals surface area contributed by atoms with Crippen LogP contribution in [0.25, 0.3) is 0 Å². The number of hydrogen-bond donors (Lipinski definition) is 1. The molecule has 0 aliphatic carbocycles. The van der Waals surface area contributed by atoms with Crippen LogP contribution in [0.4, 0.5) is 0 Å². The summed E-state index contributed by atoms with van der Waals surface area (Å²) in [5.74, 6) is -1.01. The molecule has 0 spiro atoms. The SMILES string of the molecule is CCOC(=O)C(O)(Cc1ccccc1)P(=O)(OCC)OCC. The molecule has 0 heterocycles. The van der Waals surface area contributed by atoms with Crippen LogP contribution in [0.5, 0.6) is 0 Å². The number of esters is 1. The predicted octanol–water partition coefficient (Wildman–Crippen LogP) is 2.75. The second-order valence-corrected chi connectivity index (χ2v) is 6.78. The highest BCUT2D eigenvalue weighted by Crippen LogP contribution is 2.60. The van der Waals surface area contributed by atoms with Crippen molar-refractivity contribution in [1.29, 1.82) is 0 Å². The Hall–Kier alpha value is -1.20.